The molecule has 0 radical (unpaired) electrons. The summed E-state index contributed by atoms with van der Waals surface area (Å²) < 4.78 is 52.0. The number of furan rings is 1. The molecular formula is C24H21F3N4O3. The van der Waals surface area contributed by atoms with Crippen molar-refractivity contribution in [1.29, 1.82) is 0 Å². The molecule has 0 saturated heterocycles. The molecule has 2 aromatic carbocycles. The standard InChI is InChI=1S/C24H21F3N4O3/c1-15(2)14-34-23-29-21(16-6-3-7-17(12-16)24(25,26)27)31(30-23)19-9-4-8-18(13-19)28-22(32)20-10-5-11-33-20/h3-13,15H,14H2,1-2H3,(H,28,32). The third-order valence-corrected chi connectivity index (χ3v) is 4.68. The number of nitrogens with zero attached hydrogens (tertiary/aromatic N) is 3. The lowest BCUT2D eigenvalue weighted by atomic mass is 10.1. The van der Waals surface area contributed by atoms with Gasteiger partial charge in [-0.05, 0) is 48.4 Å². The molecule has 34 heavy (non-hydrogen) atoms. The second kappa shape index (κ2) is 9.42. The van der Waals surface area contributed by atoms with Crippen LogP contribution in [0, 0.1) is 5.92 Å². The van der Waals surface area contributed by atoms with Gasteiger partial charge in [-0.2, -0.15) is 18.2 Å². The number of amides is 1. The molecule has 0 unspecified atom stereocenters. The molecular weight excluding hydrogens is 449 g/mol. The number of anilines is 1. The van der Waals surface area contributed by atoms with Crippen molar-refractivity contribution in [1.82, 2.24) is 14.8 Å². The van der Waals surface area contributed by atoms with Gasteiger partial charge >= 0.3 is 12.2 Å². The molecule has 0 aliphatic heterocycles. The summed E-state index contributed by atoms with van der Waals surface area (Å²) in [5.74, 6) is 0.0587. The van der Waals surface area contributed by atoms with Crippen molar-refractivity contribution in [3.63, 3.8) is 0 Å². The second-order valence-corrected chi connectivity index (χ2v) is 7.89. The summed E-state index contributed by atoms with van der Waals surface area (Å²) in [4.78, 5) is 16.7. The number of carbonyl (C=O) groups excluding carboxylic acids is 1. The molecule has 176 valence electrons. The van der Waals surface area contributed by atoms with Gasteiger partial charge in [0.05, 0.1) is 24.1 Å². The maximum atomic E-state index is 13.3. The van der Waals surface area contributed by atoms with Crippen LogP contribution in [0.4, 0.5) is 18.9 Å². The van der Waals surface area contributed by atoms with Gasteiger partial charge in [0, 0.05) is 11.3 Å². The average Bonchev–Trinajstić information content (AvgIpc) is 3.48. The van der Waals surface area contributed by atoms with Crippen LogP contribution >= 0.6 is 0 Å². The number of ether oxygens (including phenoxy) is 1. The smallest absolute Gasteiger partial charge is 0.416 e. The Balaban J connectivity index is 1.73. The van der Waals surface area contributed by atoms with E-state index in [1.807, 2.05) is 13.8 Å². The minimum atomic E-state index is -4.51. The highest BCUT2D eigenvalue weighted by Gasteiger charge is 2.31. The van der Waals surface area contributed by atoms with Gasteiger partial charge < -0.3 is 14.5 Å². The second-order valence-electron chi connectivity index (χ2n) is 7.89. The first-order valence-electron chi connectivity index (χ1n) is 10.4. The fraction of sp³-hybridized carbons (Fsp3) is 0.208. The van der Waals surface area contributed by atoms with E-state index < -0.39 is 17.6 Å². The summed E-state index contributed by atoms with van der Waals surface area (Å²) in [5.41, 5.74) is 0.320. The van der Waals surface area contributed by atoms with Gasteiger partial charge in [-0.25, -0.2) is 4.68 Å². The Labute approximate surface area is 193 Å². The van der Waals surface area contributed by atoms with Gasteiger partial charge in [-0.1, -0.05) is 32.0 Å². The van der Waals surface area contributed by atoms with E-state index in [1.165, 1.54) is 29.1 Å². The van der Waals surface area contributed by atoms with Crippen LogP contribution in [0.5, 0.6) is 6.01 Å². The number of hydrogen-bond acceptors (Lipinski definition) is 5. The average molecular weight is 470 g/mol. The third kappa shape index (κ3) is 5.28. The molecule has 10 heteroatoms. The predicted octanol–water partition coefficient (Wildman–Crippen LogP) is 5.83. The molecule has 7 nitrogen and oxygen atoms in total. The van der Waals surface area contributed by atoms with Gasteiger partial charge in [0.25, 0.3) is 5.91 Å². The van der Waals surface area contributed by atoms with E-state index in [0.29, 0.717) is 18.0 Å². The minimum Gasteiger partial charge on any atom is -0.462 e. The Morgan fingerprint density at radius 3 is 2.62 bits per heavy atom. The summed E-state index contributed by atoms with van der Waals surface area (Å²) >= 11 is 0. The van der Waals surface area contributed by atoms with E-state index >= 15 is 0 Å². The number of nitrogens with one attached hydrogen (secondary N) is 1. The molecule has 4 aromatic rings. The molecule has 0 atom stereocenters. The number of benzene rings is 2. The van der Waals surface area contributed by atoms with Crippen molar-refractivity contribution in [2.75, 3.05) is 11.9 Å². The van der Waals surface area contributed by atoms with E-state index in [2.05, 4.69) is 15.4 Å². The summed E-state index contributed by atoms with van der Waals surface area (Å²) in [6, 6.07) is 14.7. The monoisotopic (exact) mass is 470 g/mol. The number of carbonyl (C=O) groups is 1. The summed E-state index contributed by atoms with van der Waals surface area (Å²) in [6.07, 6.45) is -3.12. The predicted molar refractivity (Wildman–Crippen MR) is 119 cm³/mol. The van der Waals surface area contributed by atoms with Crippen molar-refractivity contribution < 1.29 is 27.1 Å². The number of halogens is 3. The van der Waals surface area contributed by atoms with E-state index in [-0.39, 0.29) is 29.1 Å². The molecule has 1 amide bonds. The lowest BCUT2D eigenvalue weighted by molar-refractivity contribution is -0.137. The summed E-state index contributed by atoms with van der Waals surface area (Å²) in [7, 11) is 0. The minimum absolute atomic E-state index is 0.0335. The molecule has 2 heterocycles. The van der Waals surface area contributed by atoms with Gasteiger partial charge in [0.1, 0.15) is 0 Å². The van der Waals surface area contributed by atoms with Crippen LogP contribution in [-0.2, 0) is 6.18 Å². The van der Waals surface area contributed by atoms with Crippen LogP contribution in [0.25, 0.3) is 17.1 Å². The van der Waals surface area contributed by atoms with Crippen LogP contribution in [0.15, 0.2) is 71.3 Å². The zero-order valence-electron chi connectivity index (χ0n) is 18.3. The molecule has 1 N–H and O–H groups in total. The third-order valence-electron chi connectivity index (χ3n) is 4.68. The molecule has 0 aliphatic rings. The topological polar surface area (TPSA) is 82.2 Å². The maximum Gasteiger partial charge on any atom is 0.416 e. The van der Waals surface area contributed by atoms with Gasteiger partial charge in [-0.15, -0.1) is 5.10 Å². The Morgan fingerprint density at radius 2 is 1.91 bits per heavy atom. The molecule has 0 spiro atoms. The quantitative estimate of drug-likeness (QED) is 0.367. The zero-order chi connectivity index (χ0) is 24.3. The van der Waals surface area contributed by atoms with Gasteiger partial charge in [-0.3, -0.25) is 4.79 Å². The van der Waals surface area contributed by atoms with Crippen LogP contribution in [0.1, 0.15) is 30.0 Å². The number of hydrogen-bond donors (Lipinski definition) is 1. The summed E-state index contributed by atoms with van der Waals surface area (Å²) in [5, 5.41) is 7.08. The number of rotatable bonds is 7. The van der Waals surface area contributed by atoms with E-state index in [4.69, 9.17) is 9.15 Å². The Kier molecular flexibility index (Phi) is 6.40. The zero-order valence-corrected chi connectivity index (χ0v) is 18.3. The van der Waals surface area contributed by atoms with Crippen molar-refractivity contribution in [2.24, 2.45) is 5.92 Å². The molecule has 0 fully saturated rings. The Bertz CT molecular complexity index is 1280. The van der Waals surface area contributed by atoms with Gasteiger partial charge in [0.2, 0.25) is 0 Å². The van der Waals surface area contributed by atoms with Crippen molar-refractivity contribution in [3.05, 3.63) is 78.3 Å². The highest BCUT2D eigenvalue weighted by Crippen LogP contribution is 2.33. The SMILES string of the molecule is CC(C)COc1nc(-c2cccc(C(F)(F)F)c2)n(-c2cccc(NC(=O)c3ccco3)c2)n1. The fourth-order valence-corrected chi connectivity index (χ4v) is 3.11. The molecule has 0 aliphatic carbocycles. The summed E-state index contributed by atoms with van der Waals surface area (Å²) in [6.45, 7) is 4.25. The van der Waals surface area contributed by atoms with E-state index in [1.54, 1.807) is 30.3 Å². The highest BCUT2D eigenvalue weighted by molar-refractivity contribution is 6.02. The van der Waals surface area contributed by atoms with Crippen molar-refractivity contribution in [3.8, 4) is 23.1 Å². The van der Waals surface area contributed by atoms with Gasteiger partial charge in [0.15, 0.2) is 11.6 Å². The van der Waals surface area contributed by atoms with Crippen molar-refractivity contribution >= 4 is 11.6 Å². The first-order valence-corrected chi connectivity index (χ1v) is 10.4. The molecule has 0 saturated carbocycles. The van der Waals surface area contributed by atoms with Crippen molar-refractivity contribution in [2.45, 2.75) is 20.0 Å². The number of alkyl halides is 3. The van der Waals surface area contributed by atoms with E-state index in [0.717, 1.165) is 12.1 Å². The Morgan fingerprint density at radius 1 is 1.12 bits per heavy atom. The first-order chi connectivity index (χ1) is 16.2. The lowest BCUT2D eigenvalue weighted by Gasteiger charge is -2.10. The molecule has 4 rings (SSSR count). The molecule has 2 aromatic heterocycles. The van der Waals surface area contributed by atoms with Crippen LogP contribution in [-0.4, -0.2) is 27.3 Å². The largest absolute Gasteiger partial charge is 0.462 e. The normalized spacial score (nSPS) is 11.6. The first kappa shape index (κ1) is 23.1. The van der Waals surface area contributed by atoms with E-state index in [9.17, 15) is 18.0 Å². The lowest BCUT2D eigenvalue weighted by Crippen LogP contribution is -2.11. The Hall–Kier alpha value is -4.08. The van der Waals surface area contributed by atoms with Crippen LogP contribution in [0.3, 0.4) is 0 Å². The fourth-order valence-electron chi connectivity index (χ4n) is 3.11. The van der Waals surface area contributed by atoms with Crippen LogP contribution < -0.4 is 10.1 Å². The number of aromatic nitrogens is 3. The molecule has 0 bridgehead atoms. The maximum absolute atomic E-state index is 13.3. The highest BCUT2D eigenvalue weighted by atomic mass is 19.4. The van der Waals surface area contributed by atoms with Crippen LogP contribution in [0.2, 0.25) is 0 Å².